The number of nitrogens with one attached hydrogen (secondary N) is 2. The fourth-order valence-corrected chi connectivity index (χ4v) is 6.70. The molecule has 4 amide bonds. The number of benzene rings is 1. The lowest BCUT2D eigenvalue weighted by Gasteiger charge is -2.21. The summed E-state index contributed by atoms with van der Waals surface area (Å²) in [4.78, 5) is 38.5. The van der Waals surface area contributed by atoms with Crippen molar-refractivity contribution >= 4 is 49.5 Å². The zero-order chi connectivity index (χ0) is 22.6. The third-order valence-corrected chi connectivity index (χ3v) is 9.08. The highest BCUT2D eigenvalue weighted by atomic mass is 79.9. The summed E-state index contributed by atoms with van der Waals surface area (Å²) in [6.45, 7) is 4.17. The van der Waals surface area contributed by atoms with E-state index in [1.165, 1.54) is 10.4 Å². The summed E-state index contributed by atoms with van der Waals surface area (Å²) in [5.74, 6) is -0.590. The van der Waals surface area contributed by atoms with Crippen LogP contribution in [0.15, 0.2) is 27.6 Å². The summed E-state index contributed by atoms with van der Waals surface area (Å²) in [5, 5.41) is 5.30. The van der Waals surface area contributed by atoms with Crippen LogP contribution < -0.4 is 10.6 Å². The number of imide groups is 1. The van der Waals surface area contributed by atoms with Crippen molar-refractivity contribution in [2.24, 2.45) is 11.8 Å². The second-order valence-electron chi connectivity index (χ2n) is 8.75. The number of nitrogens with zero attached hydrogens (tertiary/aromatic N) is 2. The average molecular weight is 513 g/mol. The van der Waals surface area contributed by atoms with Crippen LogP contribution in [0.2, 0.25) is 0 Å². The molecule has 0 bridgehead atoms. The number of carbonyl (C=O) groups is 3. The van der Waals surface area contributed by atoms with Gasteiger partial charge in [0.05, 0.1) is 4.90 Å². The van der Waals surface area contributed by atoms with E-state index in [2.05, 4.69) is 26.6 Å². The molecule has 168 valence electrons. The molecule has 0 radical (unpaired) electrons. The van der Waals surface area contributed by atoms with Crippen LogP contribution >= 0.6 is 15.9 Å². The first-order chi connectivity index (χ1) is 14.5. The minimum atomic E-state index is -3.71. The van der Waals surface area contributed by atoms with E-state index in [1.54, 1.807) is 19.1 Å². The maximum Gasteiger partial charge on any atom is 0.325 e. The average Bonchev–Trinajstić information content (AvgIpc) is 3.43. The Morgan fingerprint density at radius 1 is 1.29 bits per heavy atom. The van der Waals surface area contributed by atoms with Gasteiger partial charge in [-0.05, 0) is 72.2 Å². The highest BCUT2D eigenvalue weighted by Crippen LogP contribution is 2.42. The Labute approximate surface area is 189 Å². The molecule has 1 aromatic rings. The second kappa shape index (κ2) is 7.86. The van der Waals surface area contributed by atoms with Gasteiger partial charge in [0.1, 0.15) is 12.1 Å². The number of rotatable bonds is 6. The molecule has 1 aromatic carbocycles. The summed E-state index contributed by atoms with van der Waals surface area (Å²) in [5.41, 5.74) is -0.681. The minimum absolute atomic E-state index is 0.0655. The predicted molar refractivity (Wildman–Crippen MR) is 117 cm³/mol. The number of anilines is 1. The van der Waals surface area contributed by atoms with E-state index < -0.39 is 40.0 Å². The maximum atomic E-state index is 13.0. The highest BCUT2D eigenvalue weighted by molar-refractivity contribution is 9.10. The summed E-state index contributed by atoms with van der Waals surface area (Å²) in [6, 6.07) is 3.92. The maximum absolute atomic E-state index is 13.0. The molecule has 9 nitrogen and oxygen atoms in total. The van der Waals surface area contributed by atoms with E-state index >= 15 is 0 Å². The number of hydrogen-bond donors (Lipinski definition) is 2. The van der Waals surface area contributed by atoms with Crippen LogP contribution in [0.1, 0.15) is 33.1 Å². The molecule has 2 aliphatic heterocycles. The fourth-order valence-electron chi connectivity index (χ4n) is 4.17. The van der Waals surface area contributed by atoms with Crippen molar-refractivity contribution in [3.63, 3.8) is 0 Å². The molecule has 1 saturated carbocycles. The molecule has 0 unspecified atom stereocenters. The lowest BCUT2D eigenvalue weighted by atomic mass is 9.96. The molecule has 0 spiro atoms. The largest absolute Gasteiger partial charge is 0.325 e. The summed E-state index contributed by atoms with van der Waals surface area (Å²) >= 11 is 3.29. The quantitative estimate of drug-likeness (QED) is 0.566. The van der Waals surface area contributed by atoms with Crippen LogP contribution in [0.4, 0.5) is 10.5 Å². The molecule has 11 heteroatoms. The monoisotopic (exact) mass is 512 g/mol. The Balaban J connectivity index is 1.47. The summed E-state index contributed by atoms with van der Waals surface area (Å²) in [7, 11) is -3.71. The number of halogens is 1. The Morgan fingerprint density at radius 3 is 2.61 bits per heavy atom. The van der Waals surface area contributed by atoms with Crippen LogP contribution in [0.5, 0.6) is 0 Å². The van der Waals surface area contributed by atoms with Gasteiger partial charge in [0.25, 0.3) is 5.91 Å². The summed E-state index contributed by atoms with van der Waals surface area (Å²) < 4.78 is 27.9. The zero-order valence-corrected chi connectivity index (χ0v) is 19.8. The van der Waals surface area contributed by atoms with Gasteiger partial charge in [-0.25, -0.2) is 13.2 Å². The van der Waals surface area contributed by atoms with Crippen LogP contribution in [0, 0.1) is 11.8 Å². The summed E-state index contributed by atoms with van der Waals surface area (Å²) in [6.07, 6.45) is 2.54. The molecular weight excluding hydrogens is 488 g/mol. The van der Waals surface area contributed by atoms with Crippen LogP contribution in [-0.4, -0.2) is 60.6 Å². The molecule has 3 aliphatic rings. The van der Waals surface area contributed by atoms with E-state index in [1.807, 2.05) is 6.92 Å². The molecule has 0 aromatic heterocycles. The first kappa shape index (κ1) is 22.2. The zero-order valence-electron chi connectivity index (χ0n) is 17.4. The van der Waals surface area contributed by atoms with E-state index in [4.69, 9.17) is 0 Å². The molecule has 2 N–H and O–H groups in total. The van der Waals surface area contributed by atoms with Crippen molar-refractivity contribution < 1.29 is 22.8 Å². The van der Waals surface area contributed by atoms with Crippen molar-refractivity contribution in [3.05, 3.63) is 22.7 Å². The van der Waals surface area contributed by atoms with Gasteiger partial charge in [0.15, 0.2) is 0 Å². The Bertz CT molecular complexity index is 1060. The van der Waals surface area contributed by atoms with Gasteiger partial charge >= 0.3 is 6.03 Å². The van der Waals surface area contributed by atoms with E-state index in [0.29, 0.717) is 23.5 Å². The highest BCUT2D eigenvalue weighted by Gasteiger charge is 2.56. The third-order valence-electron chi connectivity index (χ3n) is 6.22. The normalized spacial score (nSPS) is 26.9. The molecule has 31 heavy (non-hydrogen) atoms. The van der Waals surface area contributed by atoms with Gasteiger partial charge in [-0.15, -0.1) is 0 Å². The van der Waals surface area contributed by atoms with Crippen LogP contribution in [-0.2, 0) is 19.6 Å². The number of urea groups is 1. The van der Waals surface area contributed by atoms with Gasteiger partial charge in [0, 0.05) is 23.2 Å². The first-order valence-electron chi connectivity index (χ1n) is 10.3. The third kappa shape index (κ3) is 4.10. The van der Waals surface area contributed by atoms with Gasteiger partial charge in [-0.2, -0.15) is 4.31 Å². The molecule has 4 rings (SSSR count). The van der Waals surface area contributed by atoms with Crippen molar-refractivity contribution in [1.29, 1.82) is 0 Å². The van der Waals surface area contributed by atoms with Crippen molar-refractivity contribution in [2.75, 3.05) is 25.0 Å². The molecule has 2 heterocycles. The number of hydrogen-bond acceptors (Lipinski definition) is 5. The van der Waals surface area contributed by atoms with Gasteiger partial charge in [0.2, 0.25) is 15.9 Å². The topological polar surface area (TPSA) is 116 Å². The Morgan fingerprint density at radius 2 is 2.00 bits per heavy atom. The minimum Gasteiger partial charge on any atom is -0.324 e. The number of carbonyl (C=O) groups excluding carboxylic acids is 3. The van der Waals surface area contributed by atoms with Crippen LogP contribution in [0.25, 0.3) is 0 Å². The van der Waals surface area contributed by atoms with Gasteiger partial charge in [-0.1, -0.05) is 6.92 Å². The Kier molecular flexibility index (Phi) is 5.63. The SMILES string of the molecule is C[C@H]1CCN(S(=O)(=O)c2cc(NC(=O)CN3C(=O)N[C@](C)(C4CC4)C3=O)ccc2Br)C1. The molecular formula is C20H25BrN4O5S. The fraction of sp³-hybridized carbons (Fsp3) is 0.550. The van der Waals surface area contributed by atoms with Gasteiger partial charge in [-0.3, -0.25) is 14.5 Å². The van der Waals surface area contributed by atoms with Gasteiger partial charge < -0.3 is 10.6 Å². The molecule has 3 fully saturated rings. The van der Waals surface area contributed by atoms with E-state index in [-0.39, 0.29) is 16.5 Å². The number of amides is 4. The van der Waals surface area contributed by atoms with E-state index in [0.717, 1.165) is 24.2 Å². The van der Waals surface area contributed by atoms with Crippen molar-refractivity contribution in [2.45, 2.75) is 43.5 Å². The second-order valence-corrected chi connectivity index (χ2v) is 11.5. The first-order valence-corrected chi connectivity index (χ1v) is 12.5. The predicted octanol–water partition coefficient (Wildman–Crippen LogP) is 2.14. The molecule has 2 saturated heterocycles. The number of sulfonamides is 1. The van der Waals surface area contributed by atoms with Crippen molar-refractivity contribution in [1.82, 2.24) is 14.5 Å². The Hall–Kier alpha value is -1.98. The van der Waals surface area contributed by atoms with Crippen LogP contribution in [0.3, 0.4) is 0 Å². The molecule has 2 atom stereocenters. The lowest BCUT2D eigenvalue weighted by Crippen LogP contribution is -2.46. The molecule has 1 aliphatic carbocycles. The standard InChI is InChI=1S/C20H25BrN4O5S/c1-12-7-8-24(10-12)31(29,30)16-9-14(5-6-15(16)21)22-17(26)11-25-18(27)20(2,13-3-4-13)23-19(25)28/h5-6,9,12-13H,3-4,7-8,10-11H2,1-2H3,(H,22,26)(H,23,28)/t12-,20+/m0/s1. The van der Waals surface area contributed by atoms with Crippen molar-refractivity contribution in [3.8, 4) is 0 Å². The van der Waals surface area contributed by atoms with E-state index in [9.17, 15) is 22.8 Å². The smallest absolute Gasteiger partial charge is 0.324 e. The lowest BCUT2D eigenvalue weighted by molar-refractivity contribution is -0.134.